The first-order valence-corrected chi connectivity index (χ1v) is 6.97. The highest BCUT2D eigenvalue weighted by Crippen LogP contribution is 2.36. The molecule has 0 amide bonds. The fraction of sp³-hybridized carbons (Fsp3) is 0. The number of thiophene rings is 1. The van der Waals surface area contributed by atoms with E-state index in [1.54, 1.807) is 0 Å². The van der Waals surface area contributed by atoms with Crippen LogP contribution in [0.25, 0.3) is 0 Å². The fourth-order valence-electron chi connectivity index (χ4n) is 1.42. The molecule has 2 aromatic rings. The molecule has 2 rings (SSSR count). The van der Waals surface area contributed by atoms with Crippen molar-refractivity contribution >= 4 is 69.2 Å². The van der Waals surface area contributed by atoms with Gasteiger partial charge in [-0.15, -0.1) is 11.3 Å². The molecule has 0 fully saturated rings. The van der Waals surface area contributed by atoms with Crippen LogP contribution in [0.1, 0.15) is 15.9 Å². The number of hydrogen-bond acceptors (Lipinski definition) is 3. The molecule has 0 bridgehead atoms. The molecule has 0 aliphatic rings. The Morgan fingerprint density at radius 2 is 1.72 bits per heavy atom. The van der Waals surface area contributed by atoms with E-state index in [9.17, 15) is 4.79 Å². The summed E-state index contributed by atoms with van der Waals surface area (Å²) in [5, 5.41) is 0.367. The molecule has 0 radical (unpaired) electrons. The first-order chi connectivity index (χ1) is 8.40. The van der Waals surface area contributed by atoms with Crippen molar-refractivity contribution in [1.29, 1.82) is 0 Å². The Hall–Kier alpha value is -0.450. The summed E-state index contributed by atoms with van der Waals surface area (Å²) in [5.74, 6) is -0.359. The van der Waals surface area contributed by atoms with Gasteiger partial charge in [0.2, 0.25) is 0 Å². The highest BCUT2D eigenvalue weighted by Gasteiger charge is 2.20. The van der Waals surface area contributed by atoms with Gasteiger partial charge in [0.25, 0.3) is 0 Å². The number of benzene rings is 1. The van der Waals surface area contributed by atoms with Crippen LogP contribution in [-0.2, 0) is 0 Å². The van der Waals surface area contributed by atoms with E-state index in [0.717, 1.165) is 11.3 Å². The van der Waals surface area contributed by atoms with Crippen molar-refractivity contribution in [3.05, 3.63) is 48.0 Å². The molecule has 7 heteroatoms. The second-order valence-electron chi connectivity index (χ2n) is 3.43. The third-order valence-corrected chi connectivity index (χ3v) is 4.49. The van der Waals surface area contributed by atoms with Gasteiger partial charge in [-0.1, -0.05) is 46.4 Å². The molecule has 0 saturated heterocycles. The predicted octanol–water partition coefficient (Wildman–Crippen LogP) is 5.17. The summed E-state index contributed by atoms with van der Waals surface area (Å²) in [6.45, 7) is 0. The van der Waals surface area contributed by atoms with Gasteiger partial charge in [0, 0.05) is 11.3 Å². The van der Waals surface area contributed by atoms with Crippen molar-refractivity contribution in [1.82, 2.24) is 0 Å². The van der Waals surface area contributed by atoms with E-state index in [1.807, 2.05) is 0 Å². The molecule has 0 aliphatic heterocycles. The Labute approximate surface area is 127 Å². The number of halogens is 4. The lowest BCUT2D eigenvalue weighted by Crippen LogP contribution is -2.03. The lowest BCUT2D eigenvalue weighted by Gasteiger charge is -2.06. The van der Waals surface area contributed by atoms with Gasteiger partial charge in [0.15, 0.2) is 5.78 Å². The van der Waals surface area contributed by atoms with E-state index in [-0.39, 0.29) is 27.0 Å². The molecule has 0 unspecified atom stereocenters. The van der Waals surface area contributed by atoms with Gasteiger partial charge in [-0.25, -0.2) is 0 Å². The van der Waals surface area contributed by atoms with Crippen LogP contribution in [0.5, 0.6) is 0 Å². The van der Waals surface area contributed by atoms with Gasteiger partial charge in [-0.3, -0.25) is 4.79 Å². The molecule has 0 saturated carbocycles. The minimum Gasteiger partial charge on any atom is -0.399 e. The smallest absolute Gasteiger partial charge is 0.197 e. The van der Waals surface area contributed by atoms with Gasteiger partial charge in [-0.05, 0) is 18.2 Å². The lowest BCUT2D eigenvalue weighted by atomic mass is 10.1. The van der Waals surface area contributed by atoms with E-state index in [0.29, 0.717) is 14.4 Å². The Morgan fingerprint density at radius 3 is 2.28 bits per heavy atom. The van der Waals surface area contributed by atoms with Gasteiger partial charge < -0.3 is 5.73 Å². The summed E-state index contributed by atoms with van der Waals surface area (Å²) < 4.78 is 0.731. The fourth-order valence-corrected chi connectivity index (χ4v) is 3.30. The Balaban J connectivity index is 2.56. The van der Waals surface area contributed by atoms with Crippen molar-refractivity contribution in [2.24, 2.45) is 0 Å². The number of hydrogen-bond donors (Lipinski definition) is 1. The monoisotopic (exact) mass is 339 g/mol. The van der Waals surface area contributed by atoms with Crippen LogP contribution in [-0.4, -0.2) is 5.78 Å². The molecule has 1 aromatic heterocycles. The zero-order valence-electron chi connectivity index (χ0n) is 8.64. The molecule has 1 aromatic carbocycles. The van der Waals surface area contributed by atoms with E-state index >= 15 is 0 Å². The van der Waals surface area contributed by atoms with E-state index in [2.05, 4.69) is 0 Å². The molecule has 0 atom stereocenters. The largest absolute Gasteiger partial charge is 0.399 e. The number of ketones is 1. The second kappa shape index (κ2) is 5.27. The molecule has 94 valence electrons. The molecule has 2 N–H and O–H groups in total. The van der Waals surface area contributed by atoms with Gasteiger partial charge in [-0.2, -0.15) is 0 Å². The quantitative estimate of drug-likeness (QED) is 0.605. The van der Waals surface area contributed by atoms with Crippen molar-refractivity contribution in [2.45, 2.75) is 0 Å². The van der Waals surface area contributed by atoms with Crippen LogP contribution in [0.3, 0.4) is 0 Å². The molecule has 2 nitrogen and oxygen atoms in total. The number of nitrogens with two attached hydrogens (primary N) is 1. The van der Waals surface area contributed by atoms with Crippen LogP contribution in [0.4, 0.5) is 5.69 Å². The summed E-state index contributed by atoms with van der Waals surface area (Å²) in [6.07, 6.45) is 0. The summed E-state index contributed by atoms with van der Waals surface area (Å²) in [4.78, 5) is 12.3. The van der Waals surface area contributed by atoms with Crippen molar-refractivity contribution in [3.63, 3.8) is 0 Å². The molecular weight excluding hydrogens is 336 g/mol. The summed E-state index contributed by atoms with van der Waals surface area (Å²) in [7, 11) is 0. The average molecular weight is 341 g/mol. The summed E-state index contributed by atoms with van der Waals surface area (Å²) in [6, 6.07) is 4.42. The number of rotatable bonds is 2. The zero-order valence-corrected chi connectivity index (χ0v) is 12.5. The van der Waals surface area contributed by atoms with Gasteiger partial charge >= 0.3 is 0 Å². The lowest BCUT2D eigenvalue weighted by molar-refractivity contribution is 0.103. The van der Waals surface area contributed by atoms with Crippen LogP contribution in [0.2, 0.25) is 18.7 Å². The Kier molecular flexibility index (Phi) is 4.09. The molecular formula is C11H5Cl4NOS. The predicted molar refractivity (Wildman–Crippen MR) is 78.6 cm³/mol. The van der Waals surface area contributed by atoms with E-state index in [1.165, 1.54) is 18.2 Å². The van der Waals surface area contributed by atoms with Gasteiger partial charge in [0.1, 0.15) is 4.34 Å². The maximum atomic E-state index is 12.3. The Bertz CT molecular complexity index is 638. The standard InChI is InChI=1S/C11H5Cl4NOS/c12-7-2-4(16)1-5(9(7)14)10(17)6-3-8(13)18-11(6)15/h1-3H,16H2. The number of carbonyl (C=O) groups excluding carboxylic acids is 1. The minimum absolute atomic E-state index is 0.147. The second-order valence-corrected chi connectivity index (χ2v) is 6.50. The third kappa shape index (κ3) is 2.60. The number of anilines is 1. The molecule has 0 spiro atoms. The minimum atomic E-state index is -0.359. The SMILES string of the molecule is Nc1cc(Cl)c(Cl)c(C(=O)c2cc(Cl)sc2Cl)c1. The highest BCUT2D eigenvalue weighted by atomic mass is 35.5. The first-order valence-electron chi connectivity index (χ1n) is 4.64. The number of carbonyl (C=O) groups is 1. The topological polar surface area (TPSA) is 43.1 Å². The zero-order chi connectivity index (χ0) is 13.4. The van der Waals surface area contributed by atoms with E-state index in [4.69, 9.17) is 52.1 Å². The van der Waals surface area contributed by atoms with Crippen molar-refractivity contribution in [3.8, 4) is 0 Å². The summed E-state index contributed by atoms with van der Waals surface area (Å²) >= 11 is 24.7. The van der Waals surface area contributed by atoms with Crippen molar-refractivity contribution in [2.75, 3.05) is 5.73 Å². The molecule has 18 heavy (non-hydrogen) atoms. The first kappa shape index (κ1) is 14.0. The average Bonchev–Trinajstić information content (AvgIpc) is 2.62. The number of nitrogen functional groups attached to an aromatic ring is 1. The normalized spacial score (nSPS) is 10.7. The van der Waals surface area contributed by atoms with Crippen LogP contribution >= 0.6 is 57.7 Å². The van der Waals surface area contributed by atoms with Gasteiger partial charge in [0.05, 0.1) is 19.9 Å². The van der Waals surface area contributed by atoms with E-state index < -0.39 is 0 Å². The Morgan fingerprint density at radius 1 is 1.06 bits per heavy atom. The highest BCUT2D eigenvalue weighted by molar-refractivity contribution is 7.20. The van der Waals surface area contributed by atoms with Crippen molar-refractivity contribution < 1.29 is 4.79 Å². The maximum absolute atomic E-state index is 12.3. The van der Waals surface area contributed by atoms with Crippen LogP contribution in [0, 0.1) is 0 Å². The van der Waals surface area contributed by atoms with Crippen LogP contribution in [0.15, 0.2) is 18.2 Å². The molecule has 1 heterocycles. The summed E-state index contributed by atoms with van der Waals surface area (Å²) in [5.41, 5.74) is 6.48. The van der Waals surface area contributed by atoms with Crippen LogP contribution < -0.4 is 5.73 Å². The molecule has 0 aliphatic carbocycles. The third-order valence-electron chi connectivity index (χ3n) is 2.20. The maximum Gasteiger partial charge on any atom is 0.197 e.